The van der Waals surface area contributed by atoms with Crippen LogP contribution in [0.2, 0.25) is 0 Å². The minimum Gasteiger partial charge on any atom is -0.246 e. The molecular formula is C14H15NS. The summed E-state index contributed by atoms with van der Waals surface area (Å²) in [5.41, 5.74) is 4.28. The van der Waals surface area contributed by atoms with E-state index in [1.54, 1.807) is 0 Å². The van der Waals surface area contributed by atoms with E-state index in [9.17, 15) is 0 Å². The number of fused-ring (bicyclic) bond motifs is 1. The van der Waals surface area contributed by atoms with Gasteiger partial charge in [0.25, 0.3) is 0 Å². The Hall–Kier alpha value is -1.15. The highest BCUT2D eigenvalue weighted by atomic mass is 32.1. The van der Waals surface area contributed by atoms with E-state index in [2.05, 4.69) is 36.6 Å². The van der Waals surface area contributed by atoms with Crippen LogP contribution >= 0.6 is 11.3 Å². The fraction of sp³-hybridized carbons (Fsp3) is 0.357. The van der Waals surface area contributed by atoms with Crippen LogP contribution in [0.5, 0.6) is 0 Å². The van der Waals surface area contributed by atoms with Gasteiger partial charge in [0.2, 0.25) is 0 Å². The van der Waals surface area contributed by atoms with Crippen molar-refractivity contribution in [3.8, 4) is 0 Å². The molecule has 0 atom stereocenters. The lowest BCUT2D eigenvalue weighted by atomic mass is 10.1. The zero-order valence-corrected chi connectivity index (χ0v) is 10.3. The lowest BCUT2D eigenvalue weighted by Gasteiger charge is -2.03. The number of hydrogen-bond donors (Lipinski definition) is 0. The van der Waals surface area contributed by atoms with Gasteiger partial charge in [-0.05, 0) is 30.4 Å². The quantitative estimate of drug-likeness (QED) is 0.767. The van der Waals surface area contributed by atoms with Crippen molar-refractivity contribution in [2.24, 2.45) is 0 Å². The summed E-state index contributed by atoms with van der Waals surface area (Å²) in [5.74, 6) is 0.627. The van der Waals surface area contributed by atoms with Crippen LogP contribution in [0.15, 0.2) is 29.6 Å². The molecule has 0 bridgehead atoms. The zero-order valence-electron chi connectivity index (χ0n) is 9.44. The predicted molar refractivity (Wildman–Crippen MR) is 68.1 cm³/mol. The lowest BCUT2D eigenvalue weighted by Crippen LogP contribution is -1.97. The van der Waals surface area contributed by atoms with Crippen LogP contribution in [-0.2, 0) is 19.3 Å². The van der Waals surface area contributed by atoms with Gasteiger partial charge in [-0.25, -0.2) is 4.98 Å². The molecule has 0 unspecified atom stereocenters. The molecule has 3 rings (SSSR count). The first-order chi connectivity index (χ1) is 7.86. The van der Waals surface area contributed by atoms with Crippen LogP contribution in [0.25, 0.3) is 0 Å². The van der Waals surface area contributed by atoms with Gasteiger partial charge in [0.1, 0.15) is 0 Å². The molecule has 1 nitrogen and oxygen atoms in total. The van der Waals surface area contributed by atoms with Crippen LogP contribution in [0.4, 0.5) is 0 Å². The molecule has 1 aromatic carbocycles. The predicted octanol–water partition coefficient (Wildman–Crippen LogP) is 3.59. The van der Waals surface area contributed by atoms with E-state index < -0.39 is 0 Å². The number of nitrogens with zero attached hydrogens (tertiary/aromatic N) is 1. The van der Waals surface area contributed by atoms with Gasteiger partial charge in [-0.15, -0.1) is 11.3 Å². The summed E-state index contributed by atoms with van der Waals surface area (Å²) >= 11 is 1.83. The Kier molecular flexibility index (Phi) is 2.52. The maximum atomic E-state index is 4.71. The zero-order chi connectivity index (χ0) is 11.0. The fourth-order valence-corrected chi connectivity index (χ4v) is 3.41. The van der Waals surface area contributed by atoms with Gasteiger partial charge in [-0.2, -0.15) is 0 Å². The second kappa shape index (κ2) is 4.02. The van der Waals surface area contributed by atoms with Crippen molar-refractivity contribution >= 4 is 11.3 Å². The molecule has 0 spiro atoms. The van der Waals surface area contributed by atoms with Gasteiger partial charge < -0.3 is 0 Å². The molecule has 0 N–H and O–H groups in total. The summed E-state index contributed by atoms with van der Waals surface area (Å²) in [7, 11) is 0. The van der Waals surface area contributed by atoms with E-state index in [0.29, 0.717) is 5.92 Å². The molecule has 0 fully saturated rings. The summed E-state index contributed by atoms with van der Waals surface area (Å²) in [6.07, 6.45) is 3.40. The maximum absolute atomic E-state index is 4.71. The summed E-state index contributed by atoms with van der Waals surface area (Å²) in [5, 5.41) is 3.53. The fourth-order valence-electron chi connectivity index (χ4n) is 2.41. The summed E-state index contributed by atoms with van der Waals surface area (Å²) in [4.78, 5) is 4.71. The monoisotopic (exact) mass is 229 g/mol. The van der Waals surface area contributed by atoms with Gasteiger partial charge in [0.15, 0.2) is 0 Å². The average Bonchev–Trinajstić information content (AvgIpc) is 2.95. The Morgan fingerprint density at radius 1 is 1.25 bits per heavy atom. The van der Waals surface area contributed by atoms with Crippen molar-refractivity contribution in [1.29, 1.82) is 0 Å². The lowest BCUT2D eigenvalue weighted by molar-refractivity contribution is 0.729. The van der Waals surface area contributed by atoms with Crippen molar-refractivity contribution in [1.82, 2.24) is 4.98 Å². The molecule has 82 valence electrons. The molecule has 2 aromatic rings. The Morgan fingerprint density at radius 2 is 1.94 bits per heavy atom. The van der Waals surface area contributed by atoms with E-state index in [0.717, 1.165) is 6.42 Å². The first-order valence-corrected chi connectivity index (χ1v) is 6.76. The average molecular weight is 229 g/mol. The third-order valence-corrected chi connectivity index (χ3v) is 4.39. The van der Waals surface area contributed by atoms with Crippen molar-refractivity contribution < 1.29 is 0 Å². The standard InChI is InChI=1S/C14H15NS/c1-2-13-9-16-14(15-13)12-7-10-5-3-4-6-11(10)8-12/h3-6,9,12H,2,7-8H2,1H3. The van der Waals surface area contributed by atoms with Crippen molar-refractivity contribution in [2.45, 2.75) is 32.1 Å². The number of aryl methyl sites for hydroxylation is 1. The number of thiazole rings is 1. The van der Waals surface area contributed by atoms with Crippen LogP contribution in [0.3, 0.4) is 0 Å². The minimum atomic E-state index is 0.627. The molecule has 1 aliphatic rings. The highest BCUT2D eigenvalue weighted by Crippen LogP contribution is 2.35. The highest BCUT2D eigenvalue weighted by Gasteiger charge is 2.24. The molecule has 0 saturated carbocycles. The van der Waals surface area contributed by atoms with Crippen LogP contribution < -0.4 is 0 Å². The van der Waals surface area contributed by atoms with Crippen molar-refractivity contribution in [3.63, 3.8) is 0 Å². The molecule has 1 heterocycles. The molecular weight excluding hydrogens is 214 g/mol. The highest BCUT2D eigenvalue weighted by molar-refractivity contribution is 7.09. The number of rotatable bonds is 2. The Bertz CT molecular complexity index is 476. The molecule has 1 aliphatic carbocycles. The Morgan fingerprint density at radius 3 is 2.50 bits per heavy atom. The molecule has 0 saturated heterocycles. The SMILES string of the molecule is CCc1csc(C2Cc3ccccc3C2)n1. The van der Waals surface area contributed by atoms with Gasteiger partial charge in [-0.1, -0.05) is 31.2 Å². The second-order valence-electron chi connectivity index (χ2n) is 4.40. The molecule has 16 heavy (non-hydrogen) atoms. The smallest absolute Gasteiger partial charge is 0.0965 e. The largest absolute Gasteiger partial charge is 0.246 e. The van der Waals surface area contributed by atoms with Gasteiger partial charge in [0, 0.05) is 11.3 Å². The molecule has 1 aromatic heterocycles. The number of aromatic nitrogens is 1. The van der Waals surface area contributed by atoms with E-state index in [4.69, 9.17) is 4.98 Å². The van der Waals surface area contributed by atoms with Crippen LogP contribution in [0, 0.1) is 0 Å². The van der Waals surface area contributed by atoms with Crippen molar-refractivity contribution in [3.05, 3.63) is 51.5 Å². The van der Waals surface area contributed by atoms with Gasteiger partial charge in [0.05, 0.1) is 10.7 Å². The van der Waals surface area contributed by atoms with Gasteiger partial charge in [-0.3, -0.25) is 0 Å². The number of benzene rings is 1. The molecule has 0 amide bonds. The summed E-state index contributed by atoms with van der Waals surface area (Å²) in [6.45, 7) is 2.17. The molecule has 0 aliphatic heterocycles. The van der Waals surface area contributed by atoms with E-state index in [1.165, 1.54) is 34.7 Å². The normalized spacial score (nSPS) is 15.3. The first kappa shape index (κ1) is 10.0. The van der Waals surface area contributed by atoms with Crippen LogP contribution in [0.1, 0.15) is 34.7 Å². The number of hydrogen-bond acceptors (Lipinski definition) is 2. The maximum Gasteiger partial charge on any atom is 0.0965 e. The minimum absolute atomic E-state index is 0.627. The topological polar surface area (TPSA) is 12.9 Å². The summed E-state index contributed by atoms with van der Waals surface area (Å²) in [6, 6.07) is 8.79. The molecule has 0 radical (unpaired) electrons. The van der Waals surface area contributed by atoms with Gasteiger partial charge >= 0.3 is 0 Å². The second-order valence-corrected chi connectivity index (χ2v) is 5.29. The third-order valence-electron chi connectivity index (χ3n) is 3.33. The first-order valence-electron chi connectivity index (χ1n) is 5.88. The summed E-state index contributed by atoms with van der Waals surface area (Å²) < 4.78 is 0. The Balaban J connectivity index is 1.85. The Labute approximate surface area is 100 Å². The third kappa shape index (κ3) is 1.67. The van der Waals surface area contributed by atoms with Crippen LogP contribution in [-0.4, -0.2) is 4.98 Å². The van der Waals surface area contributed by atoms with E-state index in [-0.39, 0.29) is 0 Å². The van der Waals surface area contributed by atoms with E-state index in [1.807, 2.05) is 11.3 Å². The molecule has 2 heteroatoms. The van der Waals surface area contributed by atoms with Crippen molar-refractivity contribution in [2.75, 3.05) is 0 Å². The van der Waals surface area contributed by atoms with E-state index >= 15 is 0 Å².